The Morgan fingerprint density at radius 1 is 1.45 bits per heavy atom. The Balaban J connectivity index is 1.89. The van der Waals surface area contributed by atoms with Gasteiger partial charge in [-0.25, -0.2) is 0 Å². The molecule has 7 nitrogen and oxygen atoms in total. The highest BCUT2D eigenvalue weighted by atomic mass is 79.9. The minimum Gasteiger partial charge on any atom is -0.357 e. The number of nitrogens with one attached hydrogen (secondary N) is 2. The van der Waals surface area contributed by atoms with E-state index >= 15 is 0 Å². The van der Waals surface area contributed by atoms with E-state index < -0.39 is 4.92 Å². The summed E-state index contributed by atoms with van der Waals surface area (Å²) in [6, 6.07) is 6.05. The number of benzene rings is 1. The molecule has 0 unspecified atom stereocenters. The van der Waals surface area contributed by atoms with Gasteiger partial charge < -0.3 is 10.6 Å². The van der Waals surface area contributed by atoms with Crippen molar-refractivity contribution in [1.29, 1.82) is 0 Å². The van der Waals surface area contributed by atoms with Gasteiger partial charge in [0, 0.05) is 30.6 Å². The van der Waals surface area contributed by atoms with Gasteiger partial charge in [0.1, 0.15) is 0 Å². The first-order valence-corrected chi connectivity index (χ1v) is 7.71. The SMILES string of the molecule is CCn1cc(Br)c(CNC(=S)Nc2ccc([N+](=O)[O-])cc2)n1. The molecule has 0 aliphatic carbocycles. The Morgan fingerprint density at radius 2 is 2.14 bits per heavy atom. The van der Waals surface area contributed by atoms with E-state index in [0.717, 1.165) is 16.7 Å². The molecule has 22 heavy (non-hydrogen) atoms. The Hall–Kier alpha value is -2.00. The number of nitro benzene ring substituents is 1. The smallest absolute Gasteiger partial charge is 0.269 e. The number of anilines is 1. The summed E-state index contributed by atoms with van der Waals surface area (Å²) < 4.78 is 2.74. The van der Waals surface area contributed by atoms with Gasteiger partial charge in [-0.1, -0.05) is 0 Å². The van der Waals surface area contributed by atoms with Crippen LogP contribution in [0, 0.1) is 10.1 Å². The van der Waals surface area contributed by atoms with Crippen molar-refractivity contribution in [2.45, 2.75) is 20.0 Å². The standard InChI is InChI=1S/C13H14BrN5O2S/c1-2-18-8-11(14)12(17-18)7-15-13(22)16-9-3-5-10(6-4-9)19(20)21/h3-6,8H,2,7H2,1H3,(H2,15,16,22). The van der Waals surface area contributed by atoms with Gasteiger partial charge in [0.2, 0.25) is 0 Å². The van der Waals surface area contributed by atoms with E-state index in [1.54, 1.807) is 12.1 Å². The van der Waals surface area contributed by atoms with Crippen LogP contribution in [0.15, 0.2) is 34.9 Å². The van der Waals surface area contributed by atoms with Gasteiger partial charge in [0.25, 0.3) is 5.69 Å². The van der Waals surface area contributed by atoms with E-state index in [-0.39, 0.29) is 5.69 Å². The van der Waals surface area contributed by atoms with Crippen molar-refractivity contribution in [3.63, 3.8) is 0 Å². The van der Waals surface area contributed by atoms with E-state index in [1.165, 1.54) is 12.1 Å². The van der Waals surface area contributed by atoms with Crippen LogP contribution in [0.5, 0.6) is 0 Å². The lowest BCUT2D eigenvalue weighted by Crippen LogP contribution is -2.28. The zero-order chi connectivity index (χ0) is 16.1. The molecule has 9 heteroatoms. The number of nitro groups is 1. The molecule has 0 saturated carbocycles. The summed E-state index contributed by atoms with van der Waals surface area (Å²) in [5.41, 5.74) is 1.58. The van der Waals surface area contributed by atoms with E-state index in [1.807, 2.05) is 17.8 Å². The van der Waals surface area contributed by atoms with E-state index in [0.29, 0.717) is 17.3 Å². The Bertz CT molecular complexity index is 686. The van der Waals surface area contributed by atoms with Crippen molar-refractivity contribution in [2.24, 2.45) is 0 Å². The lowest BCUT2D eigenvalue weighted by Gasteiger charge is -2.09. The van der Waals surface area contributed by atoms with E-state index in [2.05, 4.69) is 31.7 Å². The number of hydrogen-bond acceptors (Lipinski definition) is 4. The molecule has 116 valence electrons. The van der Waals surface area contributed by atoms with Gasteiger partial charge in [0.05, 0.1) is 21.6 Å². The summed E-state index contributed by atoms with van der Waals surface area (Å²) in [6.45, 7) is 3.29. The molecule has 1 aromatic heterocycles. The van der Waals surface area contributed by atoms with Crippen molar-refractivity contribution in [3.05, 3.63) is 50.7 Å². The average molecular weight is 384 g/mol. The molecule has 0 atom stereocenters. The maximum absolute atomic E-state index is 10.6. The molecule has 0 amide bonds. The number of nitrogens with zero attached hydrogens (tertiary/aromatic N) is 3. The molecular weight excluding hydrogens is 370 g/mol. The number of aromatic nitrogens is 2. The van der Waals surface area contributed by atoms with Crippen LogP contribution in [0.3, 0.4) is 0 Å². The Labute approximate surface area is 141 Å². The lowest BCUT2D eigenvalue weighted by molar-refractivity contribution is -0.384. The molecule has 0 fully saturated rings. The third-order valence-corrected chi connectivity index (χ3v) is 3.77. The topological polar surface area (TPSA) is 85.0 Å². The van der Waals surface area contributed by atoms with Crippen molar-refractivity contribution in [1.82, 2.24) is 15.1 Å². The van der Waals surface area contributed by atoms with Gasteiger partial charge in [-0.15, -0.1) is 0 Å². The molecule has 2 aromatic rings. The van der Waals surface area contributed by atoms with Crippen LogP contribution in [-0.2, 0) is 13.1 Å². The molecule has 0 aliphatic heterocycles. The van der Waals surface area contributed by atoms with Crippen LogP contribution >= 0.6 is 28.1 Å². The first-order valence-electron chi connectivity index (χ1n) is 6.50. The molecule has 1 aromatic carbocycles. The number of thiocarbonyl (C=S) groups is 1. The lowest BCUT2D eigenvalue weighted by atomic mass is 10.3. The first kappa shape index (κ1) is 16.4. The summed E-state index contributed by atoms with van der Waals surface area (Å²) >= 11 is 8.64. The van der Waals surface area contributed by atoms with Gasteiger partial charge in [-0.3, -0.25) is 14.8 Å². The molecule has 0 aliphatic rings. The second kappa shape index (κ2) is 7.32. The highest BCUT2D eigenvalue weighted by molar-refractivity contribution is 9.10. The van der Waals surface area contributed by atoms with Crippen molar-refractivity contribution in [3.8, 4) is 0 Å². The molecule has 2 rings (SSSR count). The second-order valence-corrected chi connectivity index (χ2v) is 5.65. The molecule has 0 spiro atoms. The first-order chi connectivity index (χ1) is 10.5. The minimum atomic E-state index is -0.443. The molecule has 1 heterocycles. The van der Waals surface area contributed by atoms with Crippen molar-refractivity contribution >= 4 is 44.6 Å². The van der Waals surface area contributed by atoms with Gasteiger partial charge >= 0.3 is 0 Å². The third kappa shape index (κ3) is 4.25. The fourth-order valence-electron chi connectivity index (χ4n) is 1.72. The van der Waals surface area contributed by atoms with Crippen molar-refractivity contribution < 1.29 is 4.92 Å². The largest absolute Gasteiger partial charge is 0.357 e. The van der Waals surface area contributed by atoms with E-state index in [4.69, 9.17) is 12.2 Å². The van der Waals surface area contributed by atoms with Crippen LogP contribution in [0.25, 0.3) is 0 Å². The van der Waals surface area contributed by atoms with Gasteiger partial charge in [0.15, 0.2) is 5.11 Å². The Morgan fingerprint density at radius 3 is 2.68 bits per heavy atom. The maximum Gasteiger partial charge on any atom is 0.269 e. The minimum absolute atomic E-state index is 0.0402. The van der Waals surface area contributed by atoms with Gasteiger partial charge in [-0.05, 0) is 47.2 Å². The third-order valence-electron chi connectivity index (χ3n) is 2.86. The number of aryl methyl sites for hydroxylation is 1. The monoisotopic (exact) mass is 383 g/mol. The fourth-order valence-corrected chi connectivity index (χ4v) is 2.37. The van der Waals surface area contributed by atoms with E-state index in [9.17, 15) is 10.1 Å². The van der Waals surface area contributed by atoms with Crippen LogP contribution in [0.2, 0.25) is 0 Å². The molecule has 0 bridgehead atoms. The summed E-state index contributed by atoms with van der Waals surface area (Å²) in [7, 11) is 0. The average Bonchev–Trinajstić information content (AvgIpc) is 2.86. The van der Waals surface area contributed by atoms with Crippen LogP contribution in [0.1, 0.15) is 12.6 Å². The summed E-state index contributed by atoms with van der Waals surface area (Å²) in [5.74, 6) is 0. The fraction of sp³-hybridized carbons (Fsp3) is 0.231. The van der Waals surface area contributed by atoms with Gasteiger partial charge in [-0.2, -0.15) is 5.10 Å². The second-order valence-electron chi connectivity index (χ2n) is 4.39. The summed E-state index contributed by atoms with van der Waals surface area (Å²) in [5, 5.41) is 21.4. The number of halogens is 1. The summed E-state index contributed by atoms with van der Waals surface area (Å²) in [4.78, 5) is 10.1. The van der Waals surface area contributed by atoms with Crippen LogP contribution in [-0.4, -0.2) is 19.8 Å². The number of rotatable bonds is 5. The molecular formula is C13H14BrN5O2S. The number of non-ortho nitro benzene ring substituents is 1. The molecule has 0 saturated heterocycles. The zero-order valence-corrected chi connectivity index (χ0v) is 14.1. The molecule has 2 N–H and O–H groups in total. The number of hydrogen-bond donors (Lipinski definition) is 2. The molecule has 0 radical (unpaired) electrons. The predicted octanol–water partition coefficient (Wildman–Crippen LogP) is 3.06. The normalized spacial score (nSPS) is 10.3. The van der Waals surface area contributed by atoms with Crippen molar-refractivity contribution in [2.75, 3.05) is 5.32 Å². The Kier molecular flexibility index (Phi) is 5.45. The van der Waals surface area contributed by atoms with Crippen LogP contribution < -0.4 is 10.6 Å². The zero-order valence-electron chi connectivity index (χ0n) is 11.7. The maximum atomic E-state index is 10.6. The highest BCUT2D eigenvalue weighted by Gasteiger charge is 2.07. The predicted molar refractivity (Wildman–Crippen MR) is 91.8 cm³/mol. The van der Waals surface area contributed by atoms with Crippen LogP contribution in [0.4, 0.5) is 11.4 Å². The summed E-state index contributed by atoms with van der Waals surface area (Å²) in [6.07, 6.45) is 1.91. The quantitative estimate of drug-likeness (QED) is 0.468. The highest BCUT2D eigenvalue weighted by Crippen LogP contribution is 2.16.